The Balaban J connectivity index is 2.19. The van der Waals surface area contributed by atoms with Crippen LogP contribution in [0.25, 0.3) is 0 Å². The number of nitrogens with two attached hydrogens (primary N) is 1. The Morgan fingerprint density at radius 2 is 2.33 bits per heavy atom. The summed E-state index contributed by atoms with van der Waals surface area (Å²) in [6.07, 6.45) is 0. The molecule has 0 saturated heterocycles. The maximum absolute atomic E-state index is 5.70. The van der Waals surface area contributed by atoms with Gasteiger partial charge in [-0.15, -0.1) is 0 Å². The summed E-state index contributed by atoms with van der Waals surface area (Å²) in [6.45, 7) is 6.44. The van der Waals surface area contributed by atoms with Crippen molar-refractivity contribution in [2.75, 3.05) is 26.2 Å². The van der Waals surface area contributed by atoms with E-state index in [2.05, 4.69) is 30.0 Å². The topological polar surface area (TPSA) is 38.5 Å². The van der Waals surface area contributed by atoms with Gasteiger partial charge in [0.05, 0.1) is 0 Å². The molecule has 1 heterocycles. The summed E-state index contributed by atoms with van der Waals surface area (Å²) in [5.74, 6) is 1.03. The quantitative estimate of drug-likeness (QED) is 0.789. The van der Waals surface area contributed by atoms with Gasteiger partial charge in [0, 0.05) is 31.7 Å². The number of hydrogen-bond donors (Lipinski definition) is 1. The van der Waals surface area contributed by atoms with E-state index in [1.54, 1.807) is 0 Å². The summed E-state index contributed by atoms with van der Waals surface area (Å²) >= 11 is 0. The maximum atomic E-state index is 5.70. The lowest BCUT2D eigenvalue weighted by Crippen LogP contribution is -2.30. The van der Waals surface area contributed by atoms with Gasteiger partial charge in [0.1, 0.15) is 12.4 Å². The summed E-state index contributed by atoms with van der Waals surface area (Å²) in [6, 6.07) is 6.36. The van der Waals surface area contributed by atoms with E-state index in [1.807, 2.05) is 0 Å². The number of rotatable bonds is 2. The fourth-order valence-corrected chi connectivity index (χ4v) is 1.95. The van der Waals surface area contributed by atoms with Gasteiger partial charge in [-0.2, -0.15) is 0 Å². The van der Waals surface area contributed by atoms with Gasteiger partial charge in [-0.05, 0) is 13.0 Å². The predicted octanol–water partition coefficient (Wildman–Crippen LogP) is 1.15. The smallest absolute Gasteiger partial charge is 0.123 e. The first-order valence-electron chi connectivity index (χ1n) is 5.44. The molecular weight excluding hydrogens is 188 g/mol. The van der Waals surface area contributed by atoms with Crippen LogP contribution in [0.1, 0.15) is 11.1 Å². The highest BCUT2D eigenvalue weighted by Gasteiger charge is 2.14. The molecule has 0 unspecified atom stereocenters. The van der Waals surface area contributed by atoms with Crippen LogP contribution >= 0.6 is 0 Å². The van der Waals surface area contributed by atoms with E-state index in [0.717, 1.165) is 32.0 Å². The third-order valence-electron chi connectivity index (χ3n) is 2.72. The molecule has 0 amide bonds. The molecule has 3 heteroatoms. The number of benzene rings is 1. The third-order valence-corrected chi connectivity index (χ3v) is 2.72. The summed E-state index contributed by atoms with van der Waals surface area (Å²) in [5.41, 5.74) is 8.14. The van der Waals surface area contributed by atoms with Crippen LogP contribution in [-0.2, 0) is 6.54 Å². The van der Waals surface area contributed by atoms with Crippen molar-refractivity contribution in [3.05, 3.63) is 29.3 Å². The number of aryl methyl sites for hydroxylation is 1. The zero-order valence-corrected chi connectivity index (χ0v) is 9.20. The predicted molar refractivity (Wildman–Crippen MR) is 61.0 cm³/mol. The summed E-state index contributed by atoms with van der Waals surface area (Å²) < 4.78 is 5.70. The van der Waals surface area contributed by atoms with Crippen LogP contribution < -0.4 is 10.5 Å². The number of nitrogens with zero attached hydrogens (tertiary/aromatic N) is 1. The van der Waals surface area contributed by atoms with Gasteiger partial charge in [0.15, 0.2) is 0 Å². The van der Waals surface area contributed by atoms with E-state index in [-0.39, 0.29) is 0 Å². The minimum absolute atomic E-state index is 0.709. The van der Waals surface area contributed by atoms with Gasteiger partial charge in [-0.25, -0.2) is 0 Å². The van der Waals surface area contributed by atoms with E-state index < -0.39 is 0 Å². The van der Waals surface area contributed by atoms with Crippen LogP contribution in [0.4, 0.5) is 0 Å². The number of hydrogen-bond acceptors (Lipinski definition) is 3. The van der Waals surface area contributed by atoms with Crippen molar-refractivity contribution in [1.82, 2.24) is 4.90 Å². The Labute approximate surface area is 90.8 Å². The minimum atomic E-state index is 0.709. The van der Waals surface area contributed by atoms with Crippen molar-refractivity contribution in [2.24, 2.45) is 5.73 Å². The Morgan fingerprint density at radius 1 is 1.47 bits per heavy atom. The lowest BCUT2D eigenvalue weighted by Gasteiger charge is -2.17. The summed E-state index contributed by atoms with van der Waals surface area (Å²) in [5, 5.41) is 0. The second-order valence-corrected chi connectivity index (χ2v) is 4.02. The van der Waals surface area contributed by atoms with Crippen molar-refractivity contribution >= 4 is 0 Å². The van der Waals surface area contributed by atoms with Gasteiger partial charge >= 0.3 is 0 Å². The Kier molecular flexibility index (Phi) is 3.23. The fraction of sp³-hybridized carbons (Fsp3) is 0.500. The average molecular weight is 206 g/mol. The molecule has 82 valence electrons. The van der Waals surface area contributed by atoms with Crippen LogP contribution in [-0.4, -0.2) is 31.1 Å². The number of ether oxygens (including phenoxy) is 1. The second kappa shape index (κ2) is 4.64. The SMILES string of the molecule is Cc1ccc2c(c1)CN(CCN)CCO2. The molecule has 0 spiro atoms. The monoisotopic (exact) mass is 206 g/mol. The summed E-state index contributed by atoms with van der Waals surface area (Å²) in [4.78, 5) is 2.34. The molecule has 0 fully saturated rings. The van der Waals surface area contributed by atoms with Gasteiger partial charge in [0.2, 0.25) is 0 Å². The number of fused-ring (bicyclic) bond motifs is 1. The van der Waals surface area contributed by atoms with Gasteiger partial charge in [-0.1, -0.05) is 17.7 Å². The zero-order chi connectivity index (χ0) is 10.7. The third kappa shape index (κ3) is 2.49. The van der Waals surface area contributed by atoms with Crippen molar-refractivity contribution < 1.29 is 4.74 Å². The first-order chi connectivity index (χ1) is 7.29. The van der Waals surface area contributed by atoms with Crippen LogP contribution in [0.3, 0.4) is 0 Å². The molecule has 2 N–H and O–H groups in total. The van der Waals surface area contributed by atoms with E-state index in [0.29, 0.717) is 6.54 Å². The first kappa shape index (κ1) is 10.5. The Bertz CT molecular complexity index is 338. The van der Waals surface area contributed by atoms with Crippen molar-refractivity contribution in [1.29, 1.82) is 0 Å². The normalized spacial score (nSPS) is 16.7. The largest absolute Gasteiger partial charge is 0.492 e. The van der Waals surface area contributed by atoms with Crippen LogP contribution in [0.5, 0.6) is 5.75 Å². The minimum Gasteiger partial charge on any atom is -0.492 e. The molecule has 0 atom stereocenters. The Morgan fingerprint density at radius 3 is 3.13 bits per heavy atom. The van der Waals surface area contributed by atoms with Crippen LogP contribution in [0.2, 0.25) is 0 Å². The molecular formula is C12H18N2O. The molecule has 0 aromatic heterocycles. The lowest BCUT2D eigenvalue weighted by atomic mass is 10.1. The van der Waals surface area contributed by atoms with Crippen LogP contribution in [0.15, 0.2) is 18.2 Å². The average Bonchev–Trinajstić information content (AvgIpc) is 2.39. The molecule has 3 nitrogen and oxygen atoms in total. The molecule has 0 saturated carbocycles. The van der Waals surface area contributed by atoms with Crippen molar-refractivity contribution in [3.8, 4) is 5.75 Å². The molecule has 0 radical (unpaired) electrons. The van der Waals surface area contributed by atoms with Gasteiger partial charge in [-0.3, -0.25) is 4.90 Å². The second-order valence-electron chi connectivity index (χ2n) is 4.02. The van der Waals surface area contributed by atoms with E-state index in [4.69, 9.17) is 10.5 Å². The summed E-state index contributed by atoms with van der Waals surface area (Å²) in [7, 11) is 0. The molecule has 1 aliphatic rings. The standard InChI is InChI=1S/C12H18N2O/c1-10-2-3-12-11(8-10)9-14(5-4-13)6-7-15-12/h2-3,8H,4-7,9,13H2,1H3. The van der Waals surface area contributed by atoms with Gasteiger partial charge in [0.25, 0.3) is 0 Å². The fourth-order valence-electron chi connectivity index (χ4n) is 1.95. The van der Waals surface area contributed by atoms with E-state index in [9.17, 15) is 0 Å². The highest BCUT2D eigenvalue weighted by atomic mass is 16.5. The van der Waals surface area contributed by atoms with Gasteiger partial charge < -0.3 is 10.5 Å². The van der Waals surface area contributed by atoms with Crippen LogP contribution in [0, 0.1) is 6.92 Å². The zero-order valence-electron chi connectivity index (χ0n) is 9.20. The Hall–Kier alpha value is -1.06. The molecule has 15 heavy (non-hydrogen) atoms. The molecule has 2 rings (SSSR count). The first-order valence-corrected chi connectivity index (χ1v) is 5.44. The molecule has 0 bridgehead atoms. The maximum Gasteiger partial charge on any atom is 0.123 e. The molecule has 0 aliphatic carbocycles. The molecule has 1 aromatic rings. The van der Waals surface area contributed by atoms with E-state index in [1.165, 1.54) is 11.1 Å². The highest BCUT2D eigenvalue weighted by molar-refractivity contribution is 5.37. The molecule has 1 aliphatic heterocycles. The lowest BCUT2D eigenvalue weighted by molar-refractivity contribution is 0.230. The van der Waals surface area contributed by atoms with E-state index >= 15 is 0 Å². The molecule has 1 aromatic carbocycles. The highest BCUT2D eigenvalue weighted by Crippen LogP contribution is 2.23. The van der Waals surface area contributed by atoms with Crippen molar-refractivity contribution in [2.45, 2.75) is 13.5 Å². The van der Waals surface area contributed by atoms with Crippen molar-refractivity contribution in [3.63, 3.8) is 0 Å².